The lowest BCUT2D eigenvalue weighted by Crippen LogP contribution is -2.22. The van der Waals surface area contributed by atoms with Crippen LogP contribution in [0.3, 0.4) is 0 Å². The van der Waals surface area contributed by atoms with Crippen LogP contribution in [0.5, 0.6) is 0 Å². The van der Waals surface area contributed by atoms with Gasteiger partial charge in [-0.1, -0.05) is 36.4 Å². The van der Waals surface area contributed by atoms with E-state index in [-0.39, 0.29) is 11.8 Å². The van der Waals surface area contributed by atoms with Crippen LogP contribution in [0.1, 0.15) is 12.6 Å². The summed E-state index contributed by atoms with van der Waals surface area (Å²) in [6.07, 6.45) is 3.06. The normalized spacial score (nSPS) is 10.7. The Kier molecular flexibility index (Phi) is 6.92. The van der Waals surface area contributed by atoms with Crippen molar-refractivity contribution in [3.63, 3.8) is 0 Å². The molecule has 2 N–H and O–H groups in total. The highest BCUT2D eigenvalue weighted by Crippen LogP contribution is 2.29. The highest BCUT2D eigenvalue weighted by molar-refractivity contribution is 7.14. The third-order valence-corrected chi connectivity index (χ3v) is 5.49. The Balaban J connectivity index is 1.37. The van der Waals surface area contributed by atoms with E-state index in [1.807, 2.05) is 90.3 Å². The van der Waals surface area contributed by atoms with Gasteiger partial charge in [0.05, 0.1) is 11.4 Å². The van der Waals surface area contributed by atoms with Crippen LogP contribution < -0.4 is 15.5 Å². The quantitative estimate of drug-likeness (QED) is 0.325. The van der Waals surface area contributed by atoms with Gasteiger partial charge in [-0.3, -0.25) is 14.5 Å². The number of thiazole rings is 1. The van der Waals surface area contributed by atoms with E-state index in [0.717, 1.165) is 17.1 Å². The van der Waals surface area contributed by atoms with Gasteiger partial charge >= 0.3 is 0 Å². The average molecular weight is 455 g/mol. The molecule has 0 fully saturated rings. The van der Waals surface area contributed by atoms with Crippen LogP contribution in [0.4, 0.5) is 27.9 Å². The summed E-state index contributed by atoms with van der Waals surface area (Å²) in [7, 11) is 0. The topological polar surface area (TPSA) is 74.3 Å². The van der Waals surface area contributed by atoms with E-state index in [1.54, 1.807) is 11.0 Å². The summed E-state index contributed by atoms with van der Waals surface area (Å²) >= 11 is 1.34. The van der Waals surface area contributed by atoms with Gasteiger partial charge in [0, 0.05) is 35.4 Å². The average Bonchev–Trinajstić information content (AvgIpc) is 3.29. The minimum atomic E-state index is -0.264. The lowest BCUT2D eigenvalue weighted by Gasteiger charge is -2.17. The minimum Gasteiger partial charge on any atom is -0.356 e. The summed E-state index contributed by atoms with van der Waals surface area (Å²) in [5.74, 6) is -0.395. The molecule has 4 aromatic rings. The van der Waals surface area contributed by atoms with Gasteiger partial charge in [-0.25, -0.2) is 4.98 Å². The SMILES string of the molecule is CC(=O)N(c1ccccc1)c1nc(C=CC(=O)Nc2ccc(Nc3ccccc3)cc2)cs1. The van der Waals surface area contributed by atoms with Crippen LogP contribution in [0.15, 0.2) is 96.4 Å². The monoisotopic (exact) mass is 454 g/mol. The Morgan fingerprint density at radius 3 is 2.12 bits per heavy atom. The summed E-state index contributed by atoms with van der Waals surface area (Å²) in [6.45, 7) is 1.50. The van der Waals surface area contributed by atoms with Crippen molar-refractivity contribution in [1.82, 2.24) is 4.98 Å². The first kappa shape index (κ1) is 22.0. The predicted molar refractivity (Wildman–Crippen MR) is 135 cm³/mol. The molecule has 0 saturated carbocycles. The van der Waals surface area contributed by atoms with Crippen LogP contribution >= 0.6 is 11.3 Å². The van der Waals surface area contributed by atoms with Crippen molar-refractivity contribution >= 4 is 57.1 Å². The molecule has 0 unspecified atom stereocenters. The first-order valence-electron chi connectivity index (χ1n) is 10.3. The highest BCUT2D eigenvalue weighted by atomic mass is 32.1. The third kappa shape index (κ3) is 5.93. The molecule has 0 atom stereocenters. The molecule has 7 heteroatoms. The Hall–Kier alpha value is -4.23. The number of benzene rings is 3. The van der Waals surface area contributed by atoms with E-state index in [4.69, 9.17) is 0 Å². The van der Waals surface area contributed by atoms with Crippen LogP contribution in [-0.2, 0) is 9.59 Å². The molecule has 0 spiro atoms. The number of carbonyl (C=O) groups is 2. The lowest BCUT2D eigenvalue weighted by molar-refractivity contribution is -0.116. The van der Waals surface area contributed by atoms with Gasteiger partial charge < -0.3 is 10.6 Å². The van der Waals surface area contributed by atoms with Gasteiger partial charge in [0.1, 0.15) is 0 Å². The Morgan fingerprint density at radius 2 is 1.45 bits per heavy atom. The van der Waals surface area contributed by atoms with Crippen LogP contribution in [0.25, 0.3) is 6.08 Å². The minimum absolute atomic E-state index is 0.131. The van der Waals surface area contributed by atoms with E-state index < -0.39 is 0 Å². The maximum Gasteiger partial charge on any atom is 0.248 e. The first-order chi connectivity index (χ1) is 16.1. The molecule has 1 aromatic heterocycles. The van der Waals surface area contributed by atoms with E-state index in [0.29, 0.717) is 16.5 Å². The molecular weight excluding hydrogens is 432 g/mol. The number of hydrogen-bond donors (Lipinski definition) is 2. The smallest absolute Gasteiger partial charge is 0.248 e. The number of nitrogens with one attached hydrogen (secondary N) is 2. The van der Waals surface area contributed by atoms with E-state index >= 15 is 0 Å². The molecule has 0 saturated heterocycles. The molecule has 2 amide bonds. The third-order valence-electron chi connectivity index (χ3n) is 4.65. The van der Waals surface area contributed by atoms with Gasteiger partial charge in [0.15, 0.2) is 5.13 Å². The number of amides is 2. The van der Waals surface area contributed by atoms with Gasteiger partial charge in [0.2, 0.25) is 11.8 Å². The zero-order chi connectivity index (χ0) is 23.0. The van der Waals surface area contributed by atoms with Crippen molar-refractivity contribution in [3.8, 4) is 0 Å². The molecule has 0 aliphatic rings. The summed E-state index contributed by atoms with van der Waals surface area (Å²) in [5, 5.41) is 8.49. The van der Waals surface area contributed by atoms with Gasteiger partial charge in [-0.05, 0) is 54.6 Å². The van der Waals surface area contributed by atoms with E-state index in [1.165, 1.54) is 24.3 Å². The molecule has 0 bridgehead atoms. The molecule has 4 rings (SSSR count). The maximum absolute atomic E-state index is 12.3. The van der Waals surface area contributed by atoms with Gasteiger partial charge in [0.25, 0.3) is 0 Å². The standard InChI is InChI=1S/C26H22N4O2S/c1-19(31)30(24-10-6-3-7-11-24)26-29-23(18-33-26)16-17-25(32)28-22-14-12-21(13-15-22)27-20-8-4-2-5-9-20/h2-18,27H,1H3,(H,28,32). The van der Waals surface area contributed by atoms with E-state index in [2.05, 4.69) is 15.6 Å². The van der Waals surface area contributed by atoms with Crippen molar-refractivity contribution in [2.24, 2.45) is 0 Å². The molecule has 1 heterocycles. The molecular formula is C26H22N4O2S. The number of carbonyl (C=O) groups excluding carboxylic acids is 2. The second-order valence-electron chi connectivity index (χ2n) is 7.14. The summed E-state index contributed by atoms with van der Waals surface area (Å²) < 4.78 is 0. The Morgan fingerprint density at radius 1 is 0.848 bits per heavy atom. The van der Waals surface area contributed by atoms with Gasteiger partial charge in [-0.2, -0.15) is 0 Å². The van der Waals surface area contributed by atoms with Crippen molar-refractivity contribution < 1.29 is 9.59 Å². The number of nitrogens with zero attached hydrogens (tertiary/aromatic N) is 2. The van der Waals surface area contributed by atoms with Crippen LogP contribution in [0.2, 0.25) is 0 Å². The second-order valence-corrected chi connectivity index (χ2v) is 7.97. The molecule has 164 valence electrons. The van der Waals surface area contributed by atoms with Crippen LogP contribution in [0, 0.1) is 0 Å². The van der Waals surface area contributed by atoms with Crippen molar-refractivity contribution in [2.75, 3.05) is 15.5 Å². The summed E-state index contributed by atoms with van der Waals surface area (Å²) in [4.78, 5) is 30.5. The second kappa shape index (κ2) is 10.4. The predicted octanol–water partition coefficient (Wildman–Crippen LogP) is 6.22. The van der Waals surface area contributed by atoms with Crippen molar-refractivity contribution in [2.45, 2.75) is 6.92 Å². The first-order valence-corrected chi connectivity index (χ1v) is 11.2. The molecule has 3 aromatic carbocycles. The Labute approximate surface area is 196 Å². The van der Waals surface area contributed by atoms with Crippen molar-refractivity contribution in [3.05, 3.63) is 102 Å². The number of aromatic nitrogens is 1. The highest BCUT2D eigenvalue weighted by Gasteiger charge is 2.17. The Bertz CT molecular complexity index is 1250. The number of anilines is 5. The largest absolute Gasteiger partial charge is 0.356 e. The summed E-state index contributed by atoms with van der Waals surface area (Å²) in [5.41, 5.74) is 3.97. The molecule has 6 nitrogen and oxygen atoms in total. The summed E-state index contributed by atoms with van der Waals surface area (Å²) in [6, 6.07) is 26.7. The number of rotatable bonds is 7. The van der Waals surface area contributed by atoms with Crippen molar-refractivity contribution in [1.29, 1.82) is 0 Å². The zero-order valence-electron chi connectivity index (χ0n) is 17.9. The molecule has 0 aliphatic heterocycles. The number of para-hydroxylation sites is 2. The zero-order valence-corrected chi connectivity index (χ0v) is 18.8. The fraction of sp³-hybridized carbons (Fsp3) is 0.0385. The maximum atomic E-state index is 12.3. The number of hydrogen-bond acceptors (Lipinski definition) is 5. The molecule has 33 heavy (non-hydrogen) atoms. The molecule has 0 radical (unpaired) electrons. The fourth-order valence-electron chi connectivity index (χ4n) is 3.13. The molecule has 0 aliphatic carbocycles. The lowest BCUT2D eigenvalue weighted by atomic mass is 10.2. The fourth-order valence-corrected chi connectivity index (χ4v) is 3.98. The van der Waals surface area contributed by atoms with Crippen LogP contribution in [-0.4, -0.2) is 16.8 Å². The van der Waals surface area contributed by atoms with E-state index in [9.17, 15) is 9.59 Å². The van der Waals surface area contributed by atoms with Gasteiger partial charge in [-0.15, -0.1) is 11.3 Å².